The first-order chi connectivity index (χ1) is 9.20. The first-order valence-corrected chi connectivity index (χ1v) is 6.96. The molecular weight excluding hydrogens is 238 g/mol. The van der Waals surface area contributed by atoms with Gasteiger partial charge in [0, 0.05) is 23.0 Å². The highest BCUT2D eigenvalue weighted by atomic mass is 16.2. The Bertz CT molecular complexity index is 604. The quantitative estimate of drug-likeness (QED) is 0.899. The van der Waals surface area contributed by atoms with Crippen molar-refractivity contribution in [3.05, 3.63) is 30.0 Å². The number of fused-ring (bicyclic) bond motifs is 1. The lowest BCUT2D eigenvalue weighted by Gasteiger charge is -2.28. The lowest BCUT2D eigenvalue weighted by atomic mass is 10.1. The number of nitrogens with zero attached hydrogens (tertiary/aromatic N) is 2. The zero-order chi connectivity index (χ0) is 13.4. The second-order valence-corrected chi connectivity index (χ2v) is 5.37. The number of aromatic nitrogens is 2. The molecule has 19 heavy (non-hydrogen) atoms. The van der Waals surface area contributed by atoms with E-state index in [1.807, 2.05) is 18.2 Å². The predicted octanol–water partition coefficient (Wildman–Crippen LogP) is 2.97. The van der Waals surface area contributed by atoms with Crippen molar-refractivity contribution >= 4 is 16.8 Å². The van der Waals surface area contributed by atoms with E-state index in [1.54, 1.807) is 6.20 Å². The van der Waals surface area contributed by atoms with Crippen LogP contribution in [0, 0.1) is 0 Å². The maximum Gasteiger partial charge on any atom is 0.254 e. The third-order valence-corrected chi connectivity index (χ3v) is 4.18. The van der Waals surface area contributed by atoms with Crippen molar-refractivity contribution in [2.45, 2.75) is 45.2 Å². The third kappa shape index (κ3) is 2.01. The van der Waals surface area contributed by atoms with Gasteiger partial charge in [-0.1, -0.05) is 13.0 Å². The number of benzene rings is 1. The van der Waals surface area contributed by atoms with Crippen LogP contribution in [0.1, 0.15) is 43.5 Å². The van der Waals surface area contributed by atoms with Crippen molar-refractivity contribution in [1.82, 2.24) is 15.1 Å². The van der Waals surface area contributed by atoms with Crippen molar-refractivity contribution in [1.29, 1.82) is 0 Å². The number of carbonyl (C=O) groups excluding carboxylic acids is 1. The van der Waals surface area contributed by atoms with Crippen LogP contribution in [-0.2, 0) is 0 Å². The first kappa shape index (κ1) is 12.2. The first-order valence-electron chi connectivity index (χ1n) is 6.96. The van der Waals surface area contributed by atoms with E-state index in [0.717, 1.165) is 35.7 Å². The van der Waals surface area contributed by atoms with Gasteiger partial charge in [0.1, 0.15) is 0 Å². The van der Waals surface area contributed by atoms with Gasteiger partial charge in [0.15, 0.2) is 0 Å². The number of amides is 1. The van der Waals surface area contributed by atoms with Gasteiger partial charge in [-0.25, -0.2) is 0 Å². The fourth-order valence-corrected chi connectivity index (χ4v) is 3.06. The van der Waals surface area contributed by atoms with E-state index in [4.69, 9.17) is 0 Å². The highest BCUT2D eigenvalue weighted by Gasteiger charge is 2.33. The molecule has 2 unspecified atom stereocenters. The summed E-state index contributed by atoms with van der Waals surface area (Å²) in [6.45, 7) is 4.30. The highest BCUT2D eigenvalue weighted by molar-refractivity contribution is 5.98. The summed E-state index contributed by atoms with van der Waals surface area (Å²) < 4.78 is 0. The molecular formula is C15H19N3O. The van der Waals surface area contributed by atoms with Crippen LogP contribution in [0.3, 0.4) is 0 Å². The molecule has 1 aromatic carbocycles. The minimum atomic E-state index is 0.147. The van der Waals surface area contributed by atoms with Gasteiger partial charge in [0.2, 0.25) is 0 Å². The Labute approximate surface area is 112 Å². The molecule has 100 valence electrons. The standard InChI is InChI=1S/C15H19N3O/c1-3-13-7-4-10(2)18(13)15(19)11-5-6-12-9-16-17-14(12)8-11/h5-6,8-10,13H,3-4,7H2,1-2H3,(H,16,17). The monoisotopic (exact) mass is 257 g/mol. The summed E-state index contributed by atoms with van der Waals surface area (Å²) in [6, 6.07) is 6.49. The number of hydrogen-bond acceptors (Lipinski definition) is 2. The molecule has 3 rings (SSSR count). The van der Waals surface area contributed by atoms with Crippen molar-refractivity contribution in [2.24, 2.45) is 0 Å². The molecule has 2 heterocycles. The van der Waals surface area contributed by atoms with Crippen molar-refractivity contribution in [2.75, 3.05) is 0 Å². The second kappa shape index (κ2) is 4.68. The topological polar surface area (TPSA) is 49.0 Å². The highest BCUT2D eigenvalue weighted by Crippen LogP contribution is 2.28. The number of rotatable bonds is 2. The molecule has 1 aliphatic heterocycles. The second-order valence-electron chi connectivity index (χ2n) is 5.37. The van der Waals surface area contributed by atoms with Crippen LogP contribution >= 0.6 is 0 Å². The number of H-pyrrole nitrogens is 1. The zero-order valence-electron chi connectivity index (χ0n) is 11.4. The van der Waals surface area contributed by atoms with E-state index in [9.17, 15) is 4.79 Å². The summed E-state index contributed by atoms with van der Waals surface area (Å²) in [4.78, 5) is 14.7. The van der Waals surface area contributed by atoms with Crippen LogP contribution in [0.4, 0.5) is 0 Å². The lowest BCUT2D eigenvalue weighted by Crippen LogP contribution is -2.39. The molecule has 0 aliphatic carbocycles. The van der Waals surface area contributed by atoms with E-state index in [0.29, 0.717) is 12.1 Å². The summed E-state index contributed by atoms with van der Waals surface area (Å²) in [5.74, 6) is 0.147. The van der Waals surface area contributed by atoms with Crippen molar-refractivity contribution < 1.29 is 4.79 Å². The Kier molecular flexibility index (Phi) is 3.01. The molecule has 1 fully saturated rings. The Hall–Kier alpha value is -1.84. The molecule has 0 spiro atoms. The molecule has 0 bridgehead atoms. The molecule has 0 radical (unpaired) electrons. The minimum Gasteiger partial charge on any atom is -0.333 e. The summed E-state index contributed by atoms with van der Waals surface area (Å²) in [6.07, 6.45) is 5.03. The van der Waals surface area contributed by atoms with Crippen LogP contribution in [0.5, 0.6) is 0 Å². The van der Waals surface area contributed by atoms with Crippen molar-refractivity contribution in [3.63, 3.8) is 0 Å². The maximum atomic E-state index is 12.7. The molecule has 1 N–H and O–H groups in total. The van der Waals surface area contributed by atoms with Crippen LogP contribution in [0.2, 0.25) is 0 Å². The van der Waals surface area contributed by atoms with Crippen LogP contribution in [0.25, 0.3) is 10.9 Å². The van der Waals surface area contributed by atoms with E-state index < -0.39 is 0 Å². The Balaban J connectivity index is 1.93. The zero-order valence-corrected chi connectivity index (χ0v) is 11.4. The normalized spacial score (nSPS) is 23.2. The summed E-state index contributed by atoms with van der Waals surface area (Å²) >= 11 is 0. The number of aromatic amines is 1. The fourth-order valence-electron chi connectivity index (χ4n) is 3.06. The molecule has 1 saturated heterocycles. The van der Waals surface area contributed by atoms with Gasteiger partial charge in [-0.05, 0) is 38.3 Å². The predicted molar refractivity (Wildman–Crippen MR) is 75.0 cm³/mol. The average molecular weight is 257 g/mol. The van der Waals surface area contributed by atoms with Gasteiger partial charge in [-0.15, -0.1) is 0 Å². The van der Waals surface area contributed by atoms with Gasteiger partial charge < -0.3 is 4.90 Å². The smallest absolute Gasteiger partial charge is 0.254 e. The Morgan fingerprint density at radius 3 is 3.11 bits per heavy atom. The largest absolute Gasteiger partial charge is 0.333 e. The van der Waals surface area contributed by atoms with Crippen LogP contribution < -0.4 is 0 Å². The molecule has 1 aromatic heterocycles. The minimum absolute atomic E-state index is 0.147. The van der Waals surface area contributed by atoms with E-state index in [1.165, 1.54) is 0 Å². The van der Waals surface area contributed by atoms with Crippen LogP contribution in [0.15, 0.2) is 24.4 Å². The molecule has 2 atom stereocenters. The maximum absolute atomic E-state index is 12.7. The average Bonchev–Trinajstić information content (AvgIpc) is 3.02. The number of carbonyl (C=O) groups is 1. The molecule has 0 saturated carbocycles. The van der Waals surface area contributed by atoms with E-state index >= 15 is 0 Å². The van der Waals surface area contributed by atoms with Crippen molar-refractivity contribution in [3.8, 4) is 0 Å². The van der Waals surface area contributed by atoms with E-state index in [-0.39, 0.29) is 5.91 Å². The number of nitrogens with one attached hydrogen (secondary N) is 1. The van der Waals surface area contributed by atoms with Gasteiger partial charge in [0.25, 0.3) is 5.91 Å². The molecule has 2 aromatic rings. The molecule has 1 aliphatic rings. The Morgan fingerprint density at radius 2 is 2.32 bits per heavy atom. The molecule has 4 heteroatoms. The third-order valence-electron chi connectivity index (χ3n) is 4.18. The van der Waals surface area contributed by atoms with Gasteiger partial charge in [-0.2, -0.15) is 5.10 Å². The van der Waals surface area contributed by atoms with E-state index in [2.05, 4.69) is 28.9 Å². The summed E-state index contributed by atoms with van der Waals surface area (Å²) in [5, 5.41) is 7.96. The van der Waals surface area contributed by atoms with Gasteiger partial charge in [0.05, 0.1) is 11.7 Å². The molecule has 4 nitrogen and oxygen atoms in total. The van der Waals surface area contributed by atoms with Crippen LogP contribution in [-0.4, -0.2) is 33.1 Å². The number of hydrogen-bond donors (Lipinski definition) is 1. The molecule has 1 amide bonds. The fraction of sp³-hybridized carbons (Fsp3) is 0.467. The van der Waals surface area contributed by atoms with Gasteiger partial charge >= 0.3 is 0 Å². The lowest BCUT2D eigenvalue weighted by molar-refractivity contribution is 0.0676. The van der Waals surface area contributed by atoms with Gasteiger partial charge in [-0.3, -0.25) is 9.89 Å². The summed E-state index contributed by atoms with van der Waals surface area (Å²) in [5.41, 5.74) is 1.68. The number of likely N-dealkylation sites (tertiary alicyclic amines) is 1. The Morgan fingerprint density at radius 1 is 1.47 bits per heavy atom. The SMILES string of the molecule is CCC1CCC(C)N1C(=O)c1ccc2cn[nH]c2c1. The summed E-state index contributed by atoms with van der Waals surface area (Å²) in [7, 11) is 0.